The van der Waals surface area contributed by atoms with Gasteiger partial charge >= 0.3 is 0 Å². The van der Waals surface area contributed by atoms with E-state index in [-0.39, 0.29) is 18.6 Å². The maximum atomic E-state index is 9.43. The Hall–Kier alpha value is -2.80. The Morgan fingerprint density at radius 3 is 2.79 bits per heavy atom. The zero-order chi connectivity index (χ0) is 19.9. The van der Waals surface area contributed by atoms with Crippen molar-refractivity contribution < 1.29 is 9.84 Å². The van der Waals surface area contributed by atoms with E-state index in [1.807, 2.05) is 36.5 Å². The Kier molecular flexibility index (Phi) is 6.71. The first kappa shape index (κ1) is 19.9. The largest absolute Gasteiger partial charge is 0.496 e. The van der Waals surface area contributed by atoms with Crippen LogP contribution in [0, 0.1) is 0 Å². The van der Waals surface area contributed by atoms with Crippen molar-refractivity contribution in [1.82, 2.24) is 14.5 Å². The first-order chi connectivity index (χ1) is 13.7. The summed E-state index contributed by atoms with van der Waals surface area (Å²) in [4.78, 5) is 8.85. The standard InChI is InChI=1S/C21H29N5O2/c1-3-4-8-16(11-13-27)23-20-19-17(24-21(22)25-20)10-12-26(19)14-15-7-5-6-9-18(15)28-2/h5-7,9-10,12,16,27H,3-4,8,11,13-14H2,1-2H3,(H3,22,23,24,25). The van der Waals surface area contributed by atoms with Crippen LogP contribution in [-0.4, -0.2) is 39.4 Å². The molecule has 1 aromatic carbocycles. The van der Waals surface area contributed by atoms with Gasteiger partial charge in [-0.05, 0) is 25.0 Å². The molecule has 4 N–H and O–H groups in total. The lowest BCUT2D eigenvalue weighted by Crippen LogP contribution is -2.22. The number of aliphatic hydroxyl groups is 1. The molecule has 0 saturated carbocycles. The number of aromatic nitrogens is 3. The molecule has 0 bridgehead atoms. The highest BCUT2D eigenvalue weighted by atomic mass is 16.5. The molecule has 0 fully saturated rings. The minimum absolute atomic E-state index is 0.132. The fourth-order valence-electron chi connectivity index (χ4n) is 3.46. The van der Waals surface area contributed by atoms with E-state index in [0.717, 1.165) is 41.6 Å². The van der Waals surface area contributed by atoms with Gasteiger partial charge < -0.3 is 25.5 Å². The number of aliphatic hydroxyl groups excluding tert-OH is 1. The van der Waals surface area contributed by atoms with Crippen molar-refractivity contribution in [3.05, 3.63) is 42.1 Å². The molecule has 7 heteroatoms. The second kappa shape index (κ2) is 9.41. The summed E-state index contributed by atoms with van der Waals surface area (Å²) in [5.74, 6) is 1.79. The van der Waals surface area contributed by atoms with E-state index in [2.05, 4.69) is 26.8 Å². The zero-order valence-corrected chi connectivity index (χ0v) is 16.6. The van der Waals surface area contributed by atoms with Gasteiger partial charge in [0.15, 0.2) is 5.82 Å². The fraction of sp³-hybridized carbons (Fsp3) is 0.429. The number of hydrogen-bond donors (Lipinski definition) is 3. The van der Waals surface area contributed by atoms with Crippen LogP contribution in [0.15, 0.2) is 36.5 Å². The van der Waals surface area contributed by atoms with Crippen molar-refractivity contribution in [3.63, 3.8) is 0 Å². The lowest BCUT2D eigenvalue weighted by atomic mass is 10.1. The molecule has 0 aliphatic rings. The van der Waals surface area contributed by atoms with Gasteiger partial charge in [0.25, 0.3) is 0 Å². The Balaban J connectivity index is 1.97. The normalized spacial score (nSPS) is 12.2. The third kappa shape index (κ3) is 4.54. The molecule has 3 rings (SSSR count). The van der Waals surface area contributed by atoms with Crippen LogP contribution in [0.3, 0.4) is 0 Å². The summed E-state index contributed by atoms with van der Waals surface area (Å²) in [5, 5.41) is 12.9. The fourth-order valence-corrected chi connectivity index (χ4v) is 3.46. The monoisotopic (exact) mass is 383 g/mol. The van der Waals surface area contributed by atoms with Crippen LogP contribution in [0.1, 0.15) is 38.2 Å². The summed E-state index contributed by atoms with van der Waals surface area (Å²) in [6, 6.07) is 10.0. The summed E-state index contributed by atoms with van der Waals surface area (Å²) < 4.78 is 7.59. The Morgan fingerprint density at radius 1 is 1.21 bits per heavy atom. The van der Waals surface area contributed by atoms with Crippen molar-refractivity contribution in [1.29, 1.82) is 0 Å². The summed E-state index contributed by atoms with van der Waals surface area (Å²) in [6.07, 6.45) is 5.82. The number of benzene rings is 1. The summed E-state index contributed by atoms with van der Waals surface area (Å²) in [5.41, 5.74) is 8.71. The number of nitrogens with one attached hydrogen (secondary N) is 1. The van der Waals surface area contributed by atoms with Gasteiger partial charge in [-0.2, -0.15) is 4.98 Å². The number of para-hydroxylation sites is 1. The molecule has 0 aliphatic carbocycles. The average Bonchev–Trinajstić information content (AvgIpc) is 3.09. The molecule has 1 unspecified atom stereocenters. The van der Waals surface area contributed by atoms with Crippen LogP contribution < -0.4 is 15.8 Å². The molecule has 0 amide bonds. The summed E-state index contributed by atoms with van der Waals surface area (Å²) in [6.45, 7) is 2.93. The molecular formula is C21H29N5O2. The van der Waals surface area contributed by atoms with Gasteiger partial charge in [0.1, 0.15) is 11.3 Å². The van der Waals surface area contributed by atoms with E-state index in [0.29, 0.717) is 18.8 Å². The maximum absolute atomic E-state index is 9.43. The lowest BCUT2D eigenvalue weighted by Gasteiger charge is -2.20. The number of rotatable bonds is 10. The number of nitrogens with two attached hydrogens (primary N) is 1. The quantitative estimate of drug-likeness (QED) is 0.496. The molecule has 3 aromatic rings. The smallest absolute Gasteiger partial charge is 0.222 e. The highest BCUT2D eigenvalue weighted by Crippen LogP contribution is 2.27. The van der Waals surface area contributed by atoms with Crippen molar-refractivity contribution in [2.45, 2.75) is 45.2 Å². The van der Waals surface area contributed by atoms with Gasteiger partial charge in [0.2, 0.25) is 5.95 Å². The van der Waals surface area contributed by atoms with Gasteiger partial charge in [-0.1, -0.05) is 38.0 Å². The van der Waals surface area contributed by atoms with Crippen molar-refractivity contribution in [2.24, 2.45) is 0 Å². The molecule has 2 heterocycles. The van der Waals surface area contributed by atoms with Gasteiger partial charge in [-0.25, -0.2) is 4.98 Å². The van der Waals surface area contributed by atoms with Crippen molar-refractivity contribution in [2.75, 3.05) is 24.8 Å². The van der Waals surface area contributed by atoms with E-state index >= 15 is 0 Å². The molecule has 2 aromatic heterocycles. The van der Waals surface area contributed by atoms with Crippen LogP contribution in [0.25, 0.3) is 11.0 Å². The molecule has 0 spiro atoms. The Morgan fingerprint density at radius 2 is 2.04 bits per heavy atom. The number of nitrogen functional groups attached to an aromatic ring is 1. The van der Waals surface area contributed by atoms with Crippen LogP contribution in [0.4, 0.5) is 11.8 Å². The highest BCUT2D eigenvalue weighted by Gasteiger charge is 2.16. The first-order valence-electron chi connectivity index (χ1n) is 9.77. The Bertz CT molecular complexity index is 909. The van der Waals surface area contributed by atoms with Gasteiger partial charge in [0, 0.05) is 24.4 Å². The minimum Gasteiger partial charge on any atom is -0.496 e. The molecule has 150 valence electrons. The van der Waals surface area contributed by atoms with Crippen LogP contribution in [0.5, 0.6) is 5.75 Å². The van der Waals surface area contributed by atoms with Crippen molar-refractivity contribution in [3.8, 4) is 5.75 Å². The van der Waals surface area contributed by atoms with Gasteiger partial charge in [-0.3, -0.25) is 0 Å². The number of ether oxygens (including phenoxy) is 1. The number of methoxy groups -OCH3 is 1. The molecule has 0 saturated heterocycles. The summed E-state index contributed by atoms with van der Waals surface area (Å²) in [7, 11) is 1.68. The van der Waals surface area contributed by atoms with E-state index in [4.69, 9.17) is 10.5 Å². The highest BCUT2D eigenvalue weighted by molar-refractivity contribution is 5.87. The molecule has 28 heavy (non-hydrogen) atoms. The van der Waals surface area contributed by atoms with Gasteiger partial charge in [0.05, 0.1) is 19.2 Å². The Labute approximate surface area is 165 Å². The lowest BCUT2D eigenvalue weighted by molar-refractivity contribution is 0.276. The van der Waals surface area contributed by atoms with Crippen LogP contribution in [-0.2, 0) is 6.54 Å². The molecular weight excluding hydrogens is 354 g/mol. The summed E-state index contributed by atoms with van der Waals surface area (Å²) >= 11 is 0. The maximum Gasteiger partial charge on any atom is 0.222 e. The second-order valence-electron chi connectivity index (χ2n) is 6.92. The minimum atomic E-state index is 0.132. The van der Waals surface area contributed by atoms with Crippen LogP contribution in [0.2, 0.25) is 0 Å². The molecule has 0 radical (unpaired) electrons. The number of anilines is 2. The molecule has 1 atom stereocenters. The predicted molar refractivity (Wildman–Crippen MR) is 113 cm³/mol. The number of unbranched alkanes of at least 4 members (excludes halogenated alkanes) is 1. The first-order valence-corrected chi connectivity index (χ1v) is 9.77. The van der Waals surface area contributed by atoms with Gasteiger partial charge in [-0.15, -0.1) is 0 Å². The topological polar surface area (TPSA) is 98.2 Å². The third-order valence-corrected chi connectivity index (χ3v) is 4.89. The number of hydrogen-bond acceptors (Lipinski definition) is 6. The SMILES string of the molecule is CCCCC(CCO)Nc1nc(N)nc2ccn(Cc3ccccc3OC)c12. The number of fused-ring (bicyclic) bond motifs is 1. The van der Waals surface area contributed by atoms with E-state index < -0.39 is 0 Å². The predicted octanol–water partition coefficient (Wildman–Crippen LogP) is 3.42. The molecule has 0 aliphatic heterocycles. The zero-order valence-electron chi connectivity index (χ0n) is 16.6. The molecule has 7 nitrogen and oxygen atoms in total. The second-order valence-corrected chi connectivity index (χ2v) is 6.92. The third-order valence-electron chi connectivity index (χ3n) is 4.89. The van der Waals surface area contributed by atoms with Crippen molar-refractivity contribution >= 4 is 22.8 Å². The van der Waals surface area contributed by atoms with E-state index in [9.17, 15) is 5.11 Å². The van der Waals surface area contributed by atoms with E-state index in [1.54, 1.807) is 7.11 Å². The number of nitrogens with zero attached hydrogens (tertiary/aromatic N) is 3. The van der Waals surface area contributed by atoms with Crippen LogP contribution >= 0.6 is 0 Å². The van der Waals surface area contributed by atoms with E-state index in [1.165, 1.54) is 0 Å². The average molecular weight is 383 g/mol.